The fourth-order valence-corrected chi connectivity index (χ4v) is 2.36. The van der Waals surface area contributed by atoms with Crippen LogP contribution in [0.1, 0.15) is 25.1 Å². The predicted octanol–water partition coefficient (Wildman–Crippen LogP) is 2.96. The van der Waals surface area contributed by atoms with Crippen molar-refractivity contribution < 1.29 is 4.74 Å². The van der Waals surface area contributed by atoms with E-state index in [4.69, 9.17) is 4.74 Å². The van der Waals surface area contributed by atoms with Crippen molar-refractivity contribution in [2.45, 2.75) is 33.3 Å². The fourth-order valence-electron chi connectivity index (χ4n) is 2.36. The van der Waals surface area contributed by atoms with Gasteiger partial charge in [-0.25, -0.2) is 4.99 Å². The highest BCUT2D eigenvalue weighted by molar-refractivity contribution is 5.79. The molecule has 1 aromatic heterocycles. The maximum Gasteiger partial charge on any atom is 0.191 e. The summed E-state index contributed by atoms with van der Waals surface area (Å²) >= 11 is 0. The van der Waals surface area contributed by atoms with E-state index in [9.17, 15) is 0 Å². The van der Waals surface area contributed by atoms with Crippen LogP contribution in [0.2, 0.25) is 0 Å². The van der Waals surface area contributed by atoms with Crippen molar-refractivity contribution in [3.8, 4) is 5.75 Å². The van der Waals surface area contributed by atoms with E-state index in [2.05, 4.69) is 40.5 Å². The Kier molecular flexibility index (Phi) is 7.76. The molecule has 0 fully saturated rings. The molecule has 0 radical (unpaired) electrons. The van der Waals surface area contributed by atoms with Crippen LogP contribution < -0.4 is 15.4 Å². The van der Waals surface area contributed by atoms with Crippen LogP contribution in [0.15, 0.2) is 53.7 Å². The summed E-state index contributed by atoms with van der Waals surface area (Å²) in [6, 6.07) is 14.0. The molecule has 2 rings (SSSR count). The molecule has 0 aliphatic carbocycles. The number of aliphatic imine (C=N–C) groups is 1. The minimum Gasteiger partial charge on any atom is -0.489 e. The molecule has 1 heterocycles. The van der Waals surface area contributed by atoms with Crippen molar-refractivity contribution in [1.29, 1.82) is 0 Å². The molecule has 2 aromatic rings. The third-order valence-corrected chi connectivity index (χ3v) is 3.67. The second-order valence-corrected chi connectivity index (χ2v) is 5.91. The summed E-state index contributed by atoms with van der Waals surface area (Å²) in [6.45, 7) is 8.34. The normalized spacial score (nSPS) is 12.5. The van der Waals surface area contributed by atoms with Crippen LogP contribution in [0, 0.1) is 6.92 Å². The van der Waals surface area contributed by atoms with Gasteiger partial charge in [-0.3, -0.25) is 4.98 Å². The van der Waals surface area contributed by atoms with E-state index in [1.54, 1.807) is 0 Å². The number of nitrogens with zero attached hydrogens (tertiary/aromatic N) is 2. The van der Waals surface area contributed by atoms with Crippen molar-refractivity contribution in [2.75, 3.05) is 19.6 Å². The first-order valence-electron chi connectivity index (χ1n) is 8.83. The first-order valence-corrected chi connectivity index (χ1v) is 8.83. The van der Waals surface area contributed by atoms with Crippen molar-refractivity contribution in [3.05, 3.63) is 59.9 Å². The second-order valence-electron chi connectivity index (χ2n) is 5.91. The average molecular weight is 340 g/mol. The first-order chi connectivity index (χ1) is 12.2. The van der Waals surface area contributed by atoms with E-state index in [0.717, 1.165) is 42.5 Å². The van der Waals surface area contributed by atoms with Crippen LogP contribution in [0.3, 0.4) is 0 Å². The molecule has 0 spiro atoms. The molecule has 25 heavy (non-hydrogen) atoms. The van der Waals surface area contributed by atoms with Crippen LogP contribution >= 0.6 is 0 Å². The van der Waals surface area contributed by atoms with E-state index >= 15 is 0 Å². The number of nitrogens with one attached hydrogen (secondary N) is 2. The van der Waals surface area contributed by atoms with E-state index < -0.39 is 0 Å². The van der Waals surface area contributed by atoms with Gasteiger partial charge in [0.15, 0.2) is 5.96 Å². The largest absolute Gasteiger partial charge is 0.489 e. The van der Waals surface area contributed by atoms with Gasteiger partial charge in [-0.2, -0.15) is 0 Å². The number of hydrogen-bond acceptors (Lipinski definition) is 3. The Morgan fingerprint density at radius 3 is 2.68 bits per heavy atom. The monoisotopic (exact) mass is 340 g/mol. The Balaban J connectivity index is 1.82. The molecule has 0 saturated heterocycles. The standard InChI is InChI=1S/C20H28N4O/c1-4-21-20(23-14-12-18-10-7-8-13-22-18)24-15-17(3)25-19-11-6-5-9-16(19)2/h5-11,13,17H,4,12,14-15H2,1-3H3,(H2,21,23,24). The fraction of sp³-hybridized carbons (Fsp3) is 0.400. The van der Waals surface area contributed by atoms with Gasteiger partial charge in [-0.1, -0.05) is 24.3 Å². The molecule has 0 amide bonds. The van der Waals surface area contributed by atoms with Crippen LogP contribution in [0.5, 0.6) is 5.75 Å². The van der Waals surface area contributed by atoms with Crippen LogP contribution in [0.25, 0.3) is 0 Å². The lowest BCUT2D eigenvalue weighted by Gasteiger charge is -2.16. The molecule has 1 atom stereocenters. The third-order valence-electron chi connectivity index (χ3n) is 3.67. The number of guanidine groups is 1. The van der Waals surface area contributed by atoms with Crippen LogP contribution in [0.4, 0.5) is 0 Å². The van der Waals surface area contributed by atoms with Gasteiger partial charge in [0.2, 0.25) is 0 Å². The van der Waals surface area contributed by atoms with Gasteiger partial charge < -0.3 is 15.4 Å². The molecule has 0 bridgehead atoms. The Morgan fingerprint density at radius 2 is 1.96 bits per heavy atom. The lowest BCUT2D eigenvalue weighted by atomic mass is 10.2. The molecule has 1 aromatic carbocycles. The smallest absolute Gasteiger partial charge is 0.191 e. The predicted molar refractivity (Wildman–Crippen MR) is 103 cm³/mol. The zero-order valence-corrected chi connectivity index (χ0v) is 15.3. The van der Waals surface area contributed by atoms with E-state index in [-0.39, 0.29) is 6.10 Å². The number of aromatic nitrogens is 1. The summed E-state index contributed by atoms with van der Waals surface area (Å²) in [5.74, 6) is 1.72. The molecule has 5 heteroatoms. The number of aryl methyl sites for hydroxylation is 1. The van der Waals surface area contributed by atoms with E-state index in [1.807, 2.05) is 49.5 Å². The molecule has 134 valence electrons. The Bertz CT molecular complexity index is 658. The van der Waals surface area contributed by atoms with Crippen molar-refractivity contribution in [1.82, 2.24) is 15.6 Å². The molecule has 5 nitrogen and oxygen atoms in total. The zero-order valence-electron chi connectivity index (χ0n) is 15.3. The Morgan fingerprint density at radius 1 is 1.16 bits per heavy atom. The Hall–Kier alpha value is -2.56. The van der Waals surface area contributed by atoms with Gasteiger partial charge in [0, 0.05) is 31.4 Å². The van der Waals surface area contributed by atoms with E-state index in [1.165, 1.54) is 0 Å². The van der Waals surface area contributed by atoms with Crippen molar-refractivity contribution in [3.63, 3.8) is 0 Å². The maximum atomic E-state index is 5.97. The van der Waals surface area contributed by atoms with Gasteiger partial charge in [0.25, 0.3) is 0 Å². The number of rotatable bonds is 8. The van der Waals surface area contributed by atoms with Crippen molar-refractivity contribution >= 4 is 5.96 Å². The molecule has 0 aliphatic heterocycles. The first kappa shape index (κ1) is 18.8. The molecule has 1 unspecified atom stereocenters. The molecule has 2 N–H and O–H groups in total. The lowest BCUT2D eigenvalue weighted by Crippen LogP contribution is -2.39. The summed E-state index contributed by atoms with van der Waals surface area (Å²) in [5.41, 5.74) is 2.21. The topological polar surface area (TPSA) is 58.5 Å². The average Bonchev–Trinajstić information content (AvgIpc) is 2.62. The highest BCUT2D eigenvalue weighted by Crippen LogP contribution is 2.17. The SMILES string of the molecule is CCNC(=NCC(C)Oc1ccccc1C)NCCc1ccccn1. The lowest BCUT2D eigenvalue weighted by molar-refractivity contribution is 0.228. The highest BCUT2D eigenvalue weighted by atomic mass is 16.5. The number of pyridine rings is 1. The molecule has 0 saturated carbocycles. The quantitative estimate of drug-likeness (QED) is 0.573. The zero-order chi connectivity index (χ0) is 17.9. The number of para-hydroxylation sites is 1. The Labute approximate surface area is 150 Å². The van der Waals surface area contributed by atoms with Gasteiger partial charge in [-0.15, -0.1) is 0 Å². The van der Waals surface area contributed by atoms with Gasteiger partial charge >= 0.3 is 0 Å². The van der Waals surface area contributed by atoms with E-state index in [0.29, 0.717) is 6.54 Å². The summed E-state index contributed by atoms with van der Waals surface area (Å²) < 4.78 is 5.97. The van der Waals surface area contributed by atoms with Gasteiger partial charge in [0.1, 0.15) is 11.9 Å². The van der Waals surface area contributed by atoms with Gasteiger partial charge in [0.05, 0.1) is 6.54 Å². The summed E-state index contributed by atoms with van der Waals surface area (Å²) in [4.78, 5) is 8.95. The summed E-state index contributed by atoms with van der Waals surface area (Å²) in [6.07, 6.45) is 2.69. The third kappa shape index (κ3) is 6.83. The van der Waals surface area contributed by atoms with Crippen molar-refractivity contribution in [2.24, 2.45) is 4.99 Å². The molecular weight excluding hydrogens is 312 g/mol. The minimum absolute atomic E-state index is 0.00680. The number of hydrogen-bond donors (Lipinski definition) is 2. The van der Waals surface area contributed by atoms with Gasteiger partial charge in [-0.05, 0) is 44.5 Å². The minimum atomic E-state index is 0.00680. The summed E-state index contributed by atoms with van der Waals surface area (Å²) in [5, 5.41) is 6.61. The number of benzene rings is 1. The second kappa shape index (κ2) is 10.3. The molecule has 0 aliphatic rings. The molecular formula is C20H28N4O. The number of ether oxygens (including phenoxy) is 1. The maximum absolute atomic E-state index is 5.97. The summed E-state index contributed by atoms with van der Waals surface area (Å²) in [7, 11) is 0. The highest BCUT2D eigenvalue weighted by Gasteiger charge is 2.06. The van der Waals surface area contributed by atoms with Crippen LogP contribution in [-0.4, -0.2) is 36.7 Å². The van der Waals surface area contributed by atoms with Crippen LogP contribution in [-0.2, 0) is 6.42 Å².